The maximum Gasteiger partial charge on any atom is 0.207 e. The summed E-state index contributed by atoms with van der Waals surface area (Å²) < 4.78 is 20.1. The van der Waals surface area contributed by atoms with Crippen molar-refractivity contribution in [3.8, 4) is 11.5 Å². The van der Waals surface area contributed by atoms with Crippen molar-refractivity contribution in [3.05, 3.63) is 59.7 Å². The molecular formula is C34H46O3. The van der Waals surface area contributed by atoms with Gasteiger partial charge in [-0.2, -0.15) is 0 Å². The van der Waals surface area contributed by atoms with E-state index in [-0.39, 0.29) is 17.8 Å². The van der Waals surface area contributed by atoms with Crippen LogP contribution in [0.2, 0.25) is 0 Å². The third-order valence-corrected chi connectivity index (χ3v) is 9.77. The van der Waals surface area contributed by atoms with E-state index in [1.54, 1.807) is 0 Å². The van der Waals surface area contributed by atoms with Crippen LogP contribution in [-0.2, 0) is 4.74 Å². The summed E-state index contributed by atoms with van der Waals surface area (Å²) >= 11 is 0. The number of fused-ring (bicyclic) bond motifs is 1. The van der Waals surface area contributed by atoms with Crippen molar-refractivity contribution in [1.29, 1.82) is 0 Å². The largest absolute Gasteiger partial charge is 0.493 e. The van der Waals surface area contributed by atoms with E-state index in [0.29, 0.717) is 17.8 Å². The van der Waals surface area contributed by atoms with Crippen molar-refractivity contribution in [2.45, 2.75) is 103 Å². The molecule has 3 unspecified atom stereocenters. The maximum absolute atomic E-state index is 7.24. The third kappa shape index (κ3) is 5.31. The van der Waals surface area contributed by atoms with E-state index in [0.717, 1.165) is 42.3 Å². The van der Waals surface area contributed by atoms with E-state index in [1.807, 2.05) is 0 Å². The van der Waals surface area contributed by atoms with Gasteiger partial charge in [0.25, 0.3) is 0 Å². The molecular weight excluding hydrogens is 456 g/mol. The number of hydrogen-bond acceptors (Lipinski definition) is 3. The Morgan fingerprint density at radius 2 is 1.51 bits per heavy atom. The van der Waals surface area contributed by atoms with Gasteiger partial charge in [0.1, 0.15) is 11.5 Å². The van der Waals surface area contributed by atoms with Gasteiger partial charge in [0.05, 0.1) is 18.1 Å². The van der Waals surface area contributed by atoms with Crippen LogP contribution in [0.25, 0.3) is 0 Å². The zero-order valence-electron chi connectivity index (χ0n) is 23.3. The van der Waals surface area contributed by atoms with E-state index in [1.165, 1.54) is 56.1 Å². The van der Waals surface area contributed by atoms with Crippen LogP contribution in [0.15, 0.2) is 48.5 Å². The van der Waals surface area contributed by atoms with Gasteiger partial charge in [-0.15, -0.1) is 0 Å². The average molecular weight is 503 g/mol. The SMILES string of the molecule is CC(C)CC(c1ccc(OC(OC23CC4CC(CC(C4)C2)C3)C2CCOc3ccccc32)cc1)C(C)C. The van der Waals surface area contributed by atoms with Crippen LogP contribution >= 0.6 is 0 Å². The predicted molar refractivity (Wildman–Crippen MR) is 149 cm³/mol. The van der Waals surface area contributed by atoms with Crippen molar-refractivity contribution >= 4 is 0 Å². The maximum atomic E-state index is 7.24. The van der Waals surface area contributed by atoms with Crippen LogP contribution in [0, 0.1) is 29.6 Å². The summed E-state index contributed by atoms with van der Waals surface area (Å²) in [7, 11) is 0. The Kier molecular flexibility index (Phi) is 7.03. The molecule has 1 aliphatic heterocycles. The molecule has 2 aromatic carbocycles. The molecule has 3 heteroatoms. The first-order valence-corrected chi connectivity index (χ1v) is 15.0. The molecule has 0 N–H and O–H groups in total. The summed E-state index contributed by atoms with van der Waals surface area (Å²) in [5.41, 5.74) is 2.65. The molecule has 4 saturated carbocycles. The first kappa shape index (κ1) is 25.3. The zero-order chi connectivity index (χ0) is 25.6. The second kappa shape index (κ2) is 10.3. The molecule has 200 valence electrons. The van der Waals surface area contributed by atoms with E-state index in [4.69, 9.17) is 14.2 Å². The second-order valence-electron chi connectivity index (χ2n) is 13.5. The molecule has 1 heterocycles. The predicted octanol–water partition coefficient (Wildman–Crippen LogP) is 8.73. The third-order valence-electron chi connectivity index (χ3n) is 9.77. The normalized spacial score (nSPS) is 31.7. The monoisotopic (exact) mass is 502 g/mol. The Hall–Kier alpha value is -2.00. The highest BCUT2D eigenvalue weighted by Crippen LogP contribution is 2.58. The van der Waals surface area contributed by atoms with Crippen molar-refractivity contribution < 1.29 is 14.2 Å². The Labute approximate surface area is 224 Å². The fraction of sp³-hybridized carbons (Fsp3) is 0.647. The van der Waals surface area contributed by atoms with Gasteiger partial charge in [-0.05, 0) is 111 Å². The lowest BCUT2D eigenvalue weighted by Crippen LogP contribution is -2.54. The smallest absolute Gasteiger partial charge is 0.207 e. The van der Waals surface area contributed by atoms with Crippen molar-refractivity contribution in [1.82, 2.24) is 0 Å². The quantitative estimate of drug-likeness (QED) is 0.321. The van der Waals surface area contributed by atoms with Crippen LogP contribution in [0.4, 0.5) is 0 Å². The molecule has 0 radical (unpaired) electrons. The van der Waals surface area contributed by atoms with Gasteiger partial charge in [-0.1, -0.05) is 58.0 Å². The number of ether oxygens (including phenoxy) is 3. The van der Waals surface area contributed by atoms with E-state index in [2.05, 4.69) is 76.2 Å². The summed E-state index contributed by atoms with van der Waals surface area (Å²) in [6.07, 6.45) is 9.76. The molecule has 4 bridgehead atoms. The van der Waals surface area contributed by atoms with Crippen LogP contribution in [0.1, 0.15) is 102 Å². The minimum atomic E-state index is -0.288. The van der Waals surface area contributed by atoms with E-state index >= 15 is 0 Å². The fourth-order valence-corrected chi connectivity index (χ4v) is 8.49. The van der Waals surface area contributed by atoms with Crippen LogP contribution in [-0.4, -0.2) is 18.5 Å². The summed E-state index contributed by atoms with van der Waals surface area (Å²) in [5.74, 6) is 6.54. The molecule has 0 amide bonds. The highest BCUT2D eigenvalue weighted by molar-refractivity contribution is 5.39. The van der Waals surface area contributed by atoms with Gasteiger partial charge in [-0.3, -0.25) is 0 Å². The molecule has 7 rings (SSSR count). The number of rotatable bonds is 9. The van der Waals surface area contributed by atoms with Crippen LogP contribution in [0.5, 0.6) is 11.5 Å². The average Bonchev–Trinajstić information content (AvgIpc) is 2.86. The first-order valence-electron chi connectivity index (χ1n) is 15.0. The van der Waals surface area contributed by atoms with E-state index in [9.17, 15) is 0 Å². The Morgan fingerprint density at radius 1 is 0.865 bits per heavy atom. The standard InChI is InChI=1S/C34H46O3/c1-22(2)15-31(23(3)4)27-9-11-28(12-10-27)36-33(30-13-14-35-32-8-6-5-7-29(30)32)37-34-19-24-16-25(20-34)18-26(17-24)21-34/h5-12,22-26,30-31,33H,13-21H2,1-4H3. The fourth-order valence-electron chi connectivity index (χ4n) is 8.49. The van der Waals surface area contributed by atoms with Crippen molar-refractivity contribution in [3.63, 3.8) is 0 Å². The minimum absolute atomic E-state index is 0.00733. The van der Waals surface area contributed by atoms with Crippen molar-refractivity contribution in [2.24, 2.45) is 29.6 Å². The Morgan fingerprint density at radius 3 is 2.14 bits per heavy atom. The molecule has 2 aromatic rings. The first-order chi connectivity index (χ1) is 17.9. The van der Waals surface area contributed by atoms with Gasteiger partial charge < -0.3 is 14.2 Å². The molecule has 4 fully saturated rings. The molecule has 3 nitrogen and oxygen atoms in total. The van der Waals surface area contributed by atoms with Gasteiger partial charge in [-0.25, -0.2) is 0 Å². The summed E-state index contributed by atoms with van der Waals surface area (Å²) in [6, 6.07) is 17.5. The molecule has 37 heavy (non-hydrogen) atoms. The molecule has 4 aliphatic carbocycles. The second-order valence-corrected chi connectivity index (χ2v) is 13.5. The lowest BCUT2D eigenvalue weighted by molar-refractivity contribution is -0.239. The summed E-state index contributed by atoms with van der Waals surface area (Å²) in [6.45, 7) is 10.1. The Bertz CT molecular complexity index is 1020. The number of para-hydroxylation sites is 1. The van der Waals surface area contributed by atoms with E-state index < -0.39 is 0 Å². The Balaban J connectivity index is 1.27. The lowest BCUT2D eigenvalue weighted by Gasteiger charge is -2.57. The number of hydrogen-bond donors (Lipinski definition) is 0. The zero-order valence-corrected chi connectivity index (χ0v) is 23.3. The lowest BCUT2D eigenvalue weighted by atomic mass is 9.54. The summed E-state index contributed by atoms with van der Waals surface area (Å²) in [4.78, 5) is 0. The molecule has 0 aromatic heterocycles. The summed E-state index contributed by atoms with van der Waals surface area (Å²) in [5, 5.41) is 0. The molecule has 0 saturated heterocycles. The van der Waals surface area contributed by atoms with Gasteiger partial charge in [0.2, 0.25) is 6.29 Å². The van der Waals surface area contributed by atoms with Crippen LogP contribution < -0.4 is 9.47 Å². The topological polar surface area (TPSA) is 27.7 Å². The van der Waals surface area contributed by atoms with Crippen molar-refractivity contribution in [2.75, 3.05) is 6.61 Å². The molecule has 0 spiro atoms. The van der Waals surface area contributed by atoms with Gasteiger partial charge in [0, 0.05) is 5.56 Å². The molecule has 5 aliphatic rings. The highest BCUT2D eigenvalue weighted by atomic mass is 16.7. The van der Waals surface area contributed by atoms with Gasteiger partial charge in [0.15, 0.2) is 0 Å². The number of benzene rings is 2. The highest BCUT2D eigenvalue weighted by Gasteiger charge is 2.53. The minimum Gasteiger partial charge on any atom is -0.493 e. The van der Waals surface area contributed by atoms with Gasteiger partial charge >= 0.3 is 0 Å². The molecule has 3 atom stereocenters. The van der Waals surface area contributed by atoms with Crippen LogP contribution in [0.3, 0.4) is 0 Å².